The average Bonchev–Trinajstić information content (AvgIpc) is 2.82. The molecule has 0 bridgehead atoms. The Labute approximate surface area is 126 Å². The van der Waals surface area contributed by atoms with E-state index in [1.807, 2.05) is 6.07 Å². The minimum atomic E-state index is 0.227. The van der Waals surface area contributed by atoms with E-state index in [1.165, 1.54) is 20.5 Å². The standard InChI is InChI=1S/C15H18BrNOS/c1-4-17-14(15-13(16)7-8-19-15)12-6-5-11(18-3)9-10(12)2/h5-9,14,17H,4H2,1-3H3. The summed E-state index contributed by atoms with van der Waals surface area (Å²) in [7, 11) is 1.70. The molecule has 0 aliphatic heterocycles. The first-order valence-electron chi connectivity index (χ1n) is 6.28. The van der Waals surface area contributed by atoms with E-state index in [0.29, 0.717) is 0 Å². The largest absolute Gasteiger partial charge is 0.497 e. The first-order chi connectivity index (χ1) is 9.17. The van der Waals surface area contributed by atoms with Crippen LogP contribution < -0.4 is 10.1 Å². The fourth-order valence-corrected chi connectivity index (χ4v) is 3.85. The van der Waals surface area contributed by atoms with Crippen LogP contribution in [0, 0.1) is 6.92 Å². The number of halogens is 1. The monoisotopic (exact) mass is 339 g/mol. The van der Waals surface area contributed by atoms with Gasteiger partial charge in [0.25, 0.3) is 0 Å². The Bertz CT molecular complexity index is 553. The number of ether oxygens (including phenoxy) is 1. The summed E-state index contributed by atoms with van der Waals surface area (Å²) in [6.07, 6.45) is 0. The summed E-state index contributed by atoms with van der Waals surface area (Å²) in [5.41, 5.74) is 2.54. The van der Waals surface area contributed by atoms with Crippen LogP contribution in [0.2, 0.25) is 0 Å². The molecule has 1 atom stereocenters. The van der Waals surface area contributed by atoms with E-state index in [-0.39, 0.29) is 6.04 Å². The SMILES string of the molecule is CCNC(c1ccc(OC)cc1C)c1sccc1Br. The van der Waals surface area contributed by atoms with E-state index in [2.05, 4.69) is 58.7 Å². The third-order valence-electron chi connectivity index (χ3n) is 3.10. The van der Waals surface area contributed by atoms with Crippen LogP contribution >= 0.6 is 27.3 Å². The topological polar surface area (TPSA) is 21.3 Å². The molecule has 2 aromatic rings. The van der Waals surface area contributed by atoms with E-state index in [4.69, 9.17) is 4.74 Å². The average molecular weight is 340 g/mol. The lowest BCUT2D eigenvalue weighted by Crippen LogP contribution is -2.22. The summed E-state index contributed by atoms with van der Waals surface area (Å²) in [6, 6.07) is 8.58. The molecular weight excluding hydrogens is 322 g/mol. The van der Waals surface area contributed by atoms with Gasteiger partial charge in [0.05, 0.1) is 13.2 Å². The maximum absolute atomic E-state index is 5.28. The number of aryl methyl sites for hydroxylation is 1. The van der Waals surface area contributed by atoms with Crippen molar-refractivity contribution in [3.63, 3.8) is 0 Å². The van der Waals surface area contributed by atoms with Crippen LogP contribution in [-0.4, -0.2) is 13.7 Å². The van der Waals surface area contributed by atoms with Crippen molar-refractivity contribution in [3.8, 4) is 5.75 Å². The highest BCUT2D eigenvalue weighted by Gasteiger charge is 2.19. The molecule has 0 saturated heterocycles. The van der Waals surface area contributed by atoms with Gasteiger partial charge in [-0.05, 0) is 64.1 Å². The second-order valence-corrected chi connectivity index (χ2v) is 6.15. The molecule has 2 rings (SSSR count). The van der Waals surface area contributed by atoms with Crippen molar-refractivity contribution < 1.29 is 4.74 Å². The molecule has 2 nitrogen and oxygen atoms in total. The predicted molar refractivity (Wildman–Crippen MR) is 85.3 cm³/mol. The van der Waals surface area contributed by atoms with Crippen molar-refractivity contribution in [1.82, 2.24) is 5.32 Å². The molecule has 1 aromatic carbocycles. The highest BCUT2D eigenvalue weighted by atomic mass is 79.9. The van der Waals surface area contributed by atoms with Gasteiger partial charge in [0.2, 0.25) is 0 Å². The molecule has 0 radical (unpaired) electrons. The number of hydrogen-bond donors (Lipinski definition) is 1. The van der Waals surface area contributed by atoms with Crippen LogP contribution in [0.15, 0.2) is 34.1 Å². The zero-order chi connectivity index (χ0) is 13.8. The van der Waals surface area contributed by atoms with Crippen LogP contribution in [0.4, 0.5) is 0 Å². The molecule has 1 heterocycles. The van der Waals surface area contributed by atoms with Gasteiger partial charge in [-0.25, -0.2) is 0 Å². The molecule has 1 N–H and O–H groups in total. The first kappa shape index (κ1) is 14.6. The van der Waals surface area contributed by atoms with Crippen molar-refractivity contribution in [1.29, 1.82) is 0 Å². The van der Waals surface area contributed by atoms with E-state index >= 15 is 0 Å². The lowest BCUT2D eigenvalue weighted by atomic mass is 9.99. The summed E-state index contributed by atoms with van der Waals surface area (Å²) in [5, 5.41) is 5.67. The maximum atomic E-state index is 5.28. The fraction of sp³-hybridized carbons (Fsp3) is 0.333. The van der Waals surface area contributed by atoms with Gasteiger partial charge in [-0.2, -0.15) is 0 Å². The van der Waals surface area contributed by atoms with Crippen molar-refractivity contribution in [2.75, 3.05) is 13.7 Å². The van der Waals surface area contributed by atoms with Crippen LogP contribution in [0.5, 0.6) is 5.75 Å². The second-order valence-electron chi connectivity index (χ2n) is 4.35. The lowest BCUT2D eigenvalue weighted by molar-refractivity contribution is 0.414. The Morgan fingerprint density at radius 1 is 1.37 bits per heavy atom. The zero-order valence-electron chi connectivity index (χ0n) is 11.4. The van der Waals surface area contributed by atoms with Gasteiger partial charge in [0.15, 0.2) is 0 Å². The number of thiophene rings is 1. The van der Waals surface area contributed by atoms with E-state index in [1.54, 1.807) is 18.4 Å². The highest BCUT2D eigenvalue weighted by Crippen LogP contribution is 2.35. The van der Waals surface area contributed by atoms with Crippen molar-refractivity contribution in [3.05, 3.63) is 50.1 Å². The number of methoxy groups -OCH3 is 1. The quantitative estimate of drug-likeness (QED) is 0.864. The van der Waals surface area contributed by atoms with Crippen molar-refractivity contribution in [2.45, 2.75) is 19.9 Å². The van der Waals surface area contributed by atoms with Crippen LogP contribution in [0.1, 0.15) is 29.0 Å². The van der Waals surface area contributed by atoms with Crippen LogP contribution in [0.25, 0.3) is 0 Å². The Hall–Kier alpha value is -0.840. The van der Waals surface area contributed by atoms with Gasteiger partial charge < -0.3 is 10.1 Å². The molecule has 0 fully saturated rings. The summed E-state index contributed by atoms with van der Waals surface area (Å²) in [6.45, 7) is 5.19. The molecule has 102 valence electrons. The van der Waals surface area contributed by atoms with Gasteiger partial charge in [-0.1, -0.05) is 13.0 Å². The van der Waals surface area contributed by atoms with Crippen molar-refractivity contribution >= 4 is 27.3 Å². The Morgan fingerprint density at radius 2 is 2.16 bits per heavy atom. The minimum absolute atomic E-state index is 0.227. The molecule has 1 aromatic heterocycles. The summed E-state index contributed by atoms with van der Waals surface area (Å²) >= 11 is 5.40. The van der Waals surface area contributed by atoms with Crippen LogP contribution in [-0.2, 0) is 0 Å². The van der Waals surface area contributed by atoms with Crippen LogP contribution in [0.3, 0.4) is 0 Å². The zero-order valence-corrected chi connectivity index (χ0v) is 13.8. The molecule has 0 saturated carbocycles. The Morgan fingerprint density at radius 3 is 2.68 bits per heavy atom. The van der Waals surface area contributed by atoms with Gasteiger partial charge in [-0.3, -0.25) is 0 Å². The third-order valence-corrected chi connectivity index (χ3v) is 5.04. The molecule has 19 heavy (non-hydrogen) atoms. The molecule has 1 unspecified atom stereocenters. The molecule has 0 aliphatic carbocycles. The molecular formula is C15H18BrNOS. The van der Waals surface area contributed by atoms with E-state index in [0.717, 1.165) is 12.3 Å². The normalized spacial score (nSPS) is 12.4. The smallest absolute Gasteiger partial charge is 0.119 e. The molecule has 0 spiro atoms. The summed E-state index contributed by atoms with van der Waals surface area (Å²) < 4.78 is 6.44. The highest BCUT2D eigenvalue weighted by molar-refractivity contribution is 9.10. The second kappa shape index (κ2) is 6.55. The number of rotatable bonds is 5. The Balaban J connectivity index is 2.42. The number of hydrogen-bond acceptors (Lipinski definition) is 3. The minimum Gasteiger partial charge on any atom is -0.497 e. The molecule has 0 amide bonds. The van der Waals surface area contributed by atoms with Crippen molar-refractivity contribution in [2.24, 2.45) is 0 Å². The summed E-state index contributed by atoms with van der Waals surface area (Å²) in [4.78, 5) is 1.31. The predicted octanol–water partition coefficient (Wildman–Crippen LogP) is 4.53. The fourth-order valence-electron chi connectivity index (χ4n) is 2.16. The molecule has 0 aliphatic rings. The number of benzene rings is 1. The van der Waals surface area contributed by atoms with Gasteiger partial charge in [0, 0.05) is 9.35 Å². The van der Waals surface area contributed by atoms with Gasteiger partial charge >= 0.3 is 0 Å². The van der Waals surface area contributed by atoms with E-state index in [9.17, 15) is 0 Å². The third kappa shape index (κ3) is 3.19. The number of nitrogens with one attached hydrogen (secondary N) is 1. The van der Waals surface area contributed by atoms with Gasteiger partial charge in [-0.15, -0.1) is 11.3 Å². The maximum Gasteiger partial charge on any atom is 0.119 e. The Kier molecular flexibility index (Phi) is 5.02. The van der Waals surface area contributed by atoms with E-state index < -0.39 is 0 Å². The molecule has 4 heteroatoms. The van der Waals surface area contributed by atoms with Gasteiger partial charge in [0.1, 0.15) is 5.75 Å². The lowest BCUT2D eigenvalue weighted by Gasteiger charge is -2.20. The summed E-state index contributed by atoms with van der Waals surface area (Å²) in [5.74, 6) is 0.904. The first-order valence-corrected chi connectivity index (χ1v) is 7.95.